The van der Waals surface area contributed by atoms with E-state index < -0.39 is 0 Å². The molecule has 0 aliphatic heterocycles. The monoisotopic (exact) mass is 547 g/mol. The van der Waals surface area contributed by atoms with Crippen molar-refractivity contribution in [1.82, 2.24) is 19.1 Å². The minimum Gasteiger partial charge on any atom is -0.392 e. The Bertz CT molecular complexity index is 1870. The average Bonchev–Trinajstić information content (AvgIpc) is 3.81. The van der Waals surface area contributed by atoms with Crippen molar-refractivity contribution in [2.24, 2.45) is 13.0 Å². The van der Waals surface area contributed by atoms with Crippen LogP contribution in [0, 0.1) is 5.92 Å². The second kappa shape index (κ2) is 10.8. The smallest absolute Gasteiger partial charge is 0.293 e. The zero-order chi connectivity index (χ0) is 28.7. The Morgan fingerprint density at radius 2 is 1.88 bits per heavy atom. The molecule has 0 amide bonds. The van der Waals surface area contributed by atoms with E-state index in [1.54, 1.807) is 30.2 Å². The third kappa shape index (κ3) is 5.30. The maximum absolute atomic E-state index is 13.6. The molecule has 1 aliphatic carbocycles. The van der Waals surface area contributed by atoms with Gasteiger partial charge in [0, 0.05) is 42.2 Å². The van der Waals surface area contributed by atoms with Crippen LogP contribution in [-0.2, 0) is 20.1 Å². The van der Waals surface area contributed by atoms with E-state index in [1.807, 2.05) is 48.5 Å². The van der Waals surface area contributed by atoms with E-state index >= 15 is 0 Å². The Morgan fingerprint density at radius 1 is 1.05 bits per heavy atom. The number of benzene rings is 2. The van der Waals surface area contributed by atoms with Crippen LogP contribution in [-0.4, -0.2) is 24.2 Å². The van der Waals surface area contributed by atoms with Crippen molar-refractivity contribution in [1.29, 1.82) is 0 Å². The second-order valence-electron chi connectivity index (χ2n) is 11.2. The molecule has 6 rings (SSSR count). The Labute approximate surface area is 238 Å². The molecule has 8 heteroatoms. The normalized spacial score (nSPS) is 13.2. The van der Waals surface area contributed by atoms with Crippen molar-refractivity contribution >= 4 is 22.4 Å². The van der Waals surface area contributed by atoms with Gasteiger partial charge in [-0.15, -0.1) is 0 Å². The van der Waals surface area contributed by atoms with Crippen LogP contribution in [0.5, 0.6) is 0 Å². The lowest BCUT2D eigenvalue weighted by atomic mass is 10.0. The van der Waals surface area contributed by atoms with Crippen LogP contribution in [0.1, 0.15) is 49.3 Å². The summed E-state index contributed by atoms with van der Waals surface area (Å²) in [5.74, 6) is 1.76. The standard InChI is InChI=1S/C33H33N5O3/c1-20(2)15-21-7-12-30(34-17-21)36-31-33(41)37(3)18-28(35-31)26-5-4-6-29(27(26)19-39)38-14-13-24-16-23(22-8-9-22)10-11-25(24)32(38)40/h4-7,10-14,16-18,20,22,39H,8-9,15,19H2,1-3H3,(H,34,35,36). The molecular weight excluding hydrogens is 514 g/mol. The molecule has 5 aromatic rings. The summed E-state index contributed by atoms with van der Waals surface area (Å²) in [4.78, 5) is 35.6. The van der Waals surface area contributed by atoms with Crippen molar-refractivity contribution in [3.05, 3.63) is 111 Å². The molecule has 3 heterocycles. The van der Waals surface area contributed by atoms with Crippen LogP contribution in [0.2, 0.25) is 0 Å². The second-order valence-corrected chi connectivity index (χ2v) is 11.2. The number of hydrogen-bond acceptors (Lipinski definition) is 6. The number of aliphatic hydroxyl groups excluding tert-OH is 1. The zero-order valence-corrected chi connectivity index (χ0v) is 23.5. The van der Waals surface area contributed by atoms with Crippen LogP contribution in [0.3, 0.4) is 0 Å². The Balaban J connectivity index is 1.39. The summed E-state index contributed by atoms with van der Waals surface area (Å²) in [5.41, 5.74) is 4.16. The van der Waals surface area contributed by atoms with Gasteiger partial charge in [-0.05, 0) is 71.9 Å². The summed E-state index contributed by atoms with van der Waals surface area (Å²) < 4.78 is 3.02. The number of aryl methyl sites for hydroxylation is 1. The Kier molecular flexibility index (Phi) is 7.01. The molecule has 2 aromatic carbocycles. The summed E-state index contributed by atoms with van der Waals surface area (Å²) in [5, 5.41) is 15.1. The summed E-state index contributed by atoms with van der Waals surface area (Å²) in [6.07, 6.45) is 8.52. The van der Waals surface area contributed by atoms with Gasteiger partial charge in [-0.1, -0.05) is 44.2 Å². The van der Waals surface area contributed by atoms with Crippen LogP contribution in [0.15, 0.2) is 82.8 Å². The van der Waals surface area contributed by atoms with Crippen molar-refractivity contribution in [3.8, 4) is 16.9 Å². The van der Waals surface area contributed by atoms with Gasteiger partial charge in [0.2, 0.25) is 0 Å². The highest BCUT2D eigenvalue weighted by Crippen LogP contribution is 2.40. The number of fused-ring (bicyclic) bond motifs is 1. The van der Waals surface area contributed by atoms with E-state index in [9.17, 15) is 14.7 Å². The lowest BCUT2D eigenvalue weighted by Gasteiger charge is -2.16. The van der Waals surface area contributed by atoms with E-state index in [-0.39, 0.29) is 23.5 Å². The molecule has 208 valence electrons. The lowest BCUT2D eigenvalue weighted by molar-refractivity contribution is 0.282. The molecule has 0 saturated heterocycles. The van der Waals surface area contributed by atoms with Gasteiger partial charge in [-0.2, -0.15) is 0 Å². The molecule has 41 heavy (non-hydrogen) atoms. The first-order valence-electron chi connectivity index (χ1n) is 14.0. The van der Waals surface area contributed by atoms with Crippen molar-refractivity contribution in [3.63, 3.8) is 0 Å². The van der Waals surface area contributed by atoms with Crippen molar-refractivity contribution in [2.45, 2.75) is 45.6 Å². The molecule has 0 spiro atoms. The van der Waals surface area contributed by atoms with Gasteiger partial charge >= 0.3 is 0 Å². The first kappa shape index (κ1) is 26.7. The molecule has 1 fully saturated rings. The van der Waals surface area contributed by atoms with Gasteiger partial charge in [-0.25, -0.2) is 9.97 Å². The topological polar surface area (TPSA) is 102 Å². The van der Waals surface area contributed by atoms with Crippen LogP contribution < -0.4 is 16.4 Å². The number of hydrogen-bond donors (Lipinski definition) is 2. The molecule has 1 aliphatic rings. The lowest BCUT2D eigenvalue weighted by Crippen LogP contribution is -2.22. The highest BCUT2D eigenvalue weighted by Gasteiger charge is 2.24. The van der Waals surface area contributed by atoms with E-state index in [0.717, 1.165) is 17.4 Å². The third-order valence-corrected chi connectivity index (χ3v) is 7.61. The number of anilines is 2. The summed E-state index contributed by atoms with van der Waals surface area (Å²) >= 11 is 0. The van der Waals surface area contributed by atoms with Gasteiger partial charge in [0.05, 0.1) is 18.0 Å². The maximum Gasteiger partial charge on any atom is 0.293 e. The fourth-order valence-corrected chi connectivity index (χ4v) is 5.36. The molecule has 8 nitrogen and oxygen atoms in total. The molecule has 0 radical (unpaired) electrons. The summed E-state index contributed by atoms with van der Waals surface area (Å²) in [6.45, 7) is 3.99. The van der Waals surface area contributed by atoms with Crippen LogP contribution >= 0.6 is 0 Å². The van der Waals surface area contributed by atoms with Crippen LogP contribution in [0.4, 0.5) is 11.6 Å². The van der Waals surface area contributed by atoms with Gasteiger partial charge in [0.1, 0.15) is 5.82 Å². The Morgan fingerprint density at radius 3 is 2.59 bits per heavy atom. The number of aromatic nitrogens is 4. The minimum absolute atomic E-state index is 0.123. The van der Waals surface area contributed by atoms with E-state index in [1.165, 1.54) is 23.0 Å². The predicted molar refractivity (Wildman–Crippen MR) is 162 cm³/mol. The predicted octanol–water partition coefficient (Wildman–Crippen LogP) is 5.46. The molecule has 2 N–H and O–H groups in total. The largest absolute Gasteiger partial charge is 0.392 e. The average molecular weight is 548 g/mol. The van der Waals surface area contributed by atoms with E-state index in [0.29, 0.717) is 45.5 Å². The van der Waals surface area contributed by atoms with Gasteiger partial charge in [0.25, 0.3) is 11.1 Å². The first-order valence-corrected chi connectivity index (χ1v) is 14.0. The molecule has 3 aromatic heterocycles. The fraction of sp³-hybridized carbons (Fsp3) is 0.273. The number of nitrogens with zero attached hydrogens (tertiary/aromatic N) is 4. The molecule has 0 bridgehead atoms. The highest BCUT2D eigenvalue weighted by molar-refractivity contribution is 5.83. The van der Waals surface area contributed by atoms with Gasteiger partial charge in [-0.3, -0.25) is 14.2 Å². The van der Waals surface area contributed by atoms with Crippen molar-refractivity contribution in [2.75, 3.05) is 5.32 Å². The van der Waals surface area contributed by atoms with Crippen molar-refractivity contribution < 1.29 is 5.11 Å². The summed E-state index contributed by atoms with van der Waals surface area (Å²) in [6, 6.07) is 17.3. The first-order chi connectivity index (χ1) is 19.8. The SMILES string of the molecule is CC(C)Cc1ccc(Nc2nc(-c3cccc(-n4ccc5cc(C6CC6)ccc5c4=O)c3CO)cn(C)c2=O)nc1. The highest BCUT2D eigenvalue weighted by atomic mass is 16.3. The number of aliphatic hydroxyl groups is 1. The molecule has 0 unspecified atom stereocenters. The number of nitrogens with one attached hydrogen (secondary N) is 1. The third-order valence-electron chi connectivity index (χ3n) is 7.61. The number of rotatable bonds is 8. The zero-order valence-electron chi connectivity index (χ0n) is 23.5. The Hall–Kier alpha value is -4.56. The molecular formula is C33H33N5O3. The van der Waals surface area contributed by atoms with Crippen LogP contribution in [0.25, 0.3) is 27.7 Å². The van der Waals surface area contributed by atoms with E-state index in [4.69, 9.17) is 0 Å². The van der Waals surface area contributed by atoms with Gasteiger partial charge < -0.3 is 15.0 Å². The molecule has 0 atom stereocenters. The number of pyridine rings is 2. The van der Waals surface area contributed by atoms with E-state index in [2.05, 4.69) is 35.2 Å². The summed E-state index contributed by atoms with van der Waals surface area (Å²) in [7, 11) is 1.66. The quantitative estimate of drug-likeness (QED) is 0.268. The fourth-order valence-electron chi connectivity index (χ4n) is 5.36. The van der Waals surface area contributed by atoms with Gasteiger partial charge in [0.15, 0.2) is 5.82 Å². The molecule has 1 saturated carbocycles. The maximum atomic E-state index is 13.6. The minimum atomic E-state index is -0.317.